The van der Waals surface area contributed by atoms with Crippen molar-refractivity contribution in [2.45, 2.75) is 30.7 Å². The van der Waals surface area contributed by atoms with Gasteiger partial charge in [-0.25, -0.2) is 4.79 Å². The molecule has 0 radical (unpaired) electrons. The lowest BCUT2D eigenvalue weighted by Gasteiger charge is -2.36. The van der Waals surface area contributed by atoms with Crippen LogP contribution in [0.15, 0.2) is 0 Å². The molecule has 1 unspecified atom stereocenters. The Labute approximate surface area is 101 Å². The minimum absolute atomic E-state index is 0.278. The number of carbonyl (C=O) groups is 2. The minimum atomic E-state index is -1.81. The van der Waals surface area contributed by atoms with Crippen LogP contribution in [0.5, 0.6) is 0 Å². The topological polar surface area (TPSA) is 191 Å². The first-order valence-corrected chi connectivity index (χ1v) is 4.74. The number of nitrogens with two attached hydrogens (primary N) is 1. The Morgan fingerprint density at radius 1 is 1.00 bits per heavy atom. The van der Waals surface area contributed by atoms with Gasteiger partial charge in [0.25, 0.3) is 0 Å². The Hall–Kier alpha value is -1.30. The fourth-order valence-corrected chi connectivity index (χ4v) is 1.07. The Kier molecular flexibility index (Phi) is 6.68. The molecule has 1 aliphatic rings. The lowest BCUT2D eigenvalue weighted by molar-refractivity contribution is -0.279. The van der Waals surface area contributed by atoms with Gasteiger partial charge in [0, 0.05) is 0 Å². The van der Waals surface area contributed by atoms with Crippen LogP contribution in [0.2, 0.25) is 0 Å². The van der Waals surface area contributed by atoms with Crippen molar-refractivity contribution in [3.05, 3.63) is 0 Å². The Morgan fingerprint density at radius 2 is 1.44 bits per heavy atom. The van der Waals surface area contributed by atoms with Gasteiger partial charge in [-0.1, -0.05) is 0 Å². The molecule has 1 saturated heterocycles. The summed E-state index contributed by atoms with van der Waals surface area (Å²) < 4.78 is 4.34. The zero-order valence-electron chi connectivity index (χ0n) is 9.08. The van der Waals surface area contributed by atoms with Crippen molar-refractivity contribution in [1.29, 1.82) is 0 Å². The second kappa shape index (κ2) is 7.20. The van der Waals surface area contributed by atoms with Crippen molar-refractivity contribution in [3.63, 3.8) is 0 Å². The maximum absolute atomic E-state index is 10.4. The van der Waals surface area contributed by atoms with Gasteiger partial charge >= 0.3 is 11.9 Å². The predicted molar refractivity (Wildman–Crippen MR) is 53.2 cm³/mol. The Bertz CT molecular complexity index is 296. The number of aliphatic hydroxyl groups is 4. The van der Waals surface area contributed by atoms with E-state index in [4.69, 9.17) is 30.6 Å². The van der Waals surface area contributed by atoms with E-state index in [0.717, 1.165) is 0 Å². The smallest absolute Gasteiger partial charge is 0.335 e. The van der Waals surface area contributed by atoms with E-state index >= 15 is 0 Å². The molecule has 8 N–H and O–H groups in total. The van der Waals surface area contributed by atoms with Crippen LogP contribution in [0, 0.1) is 0 Å². The second-order valence-corrected chi connectivity index (χ2v) is 3.36. The van der Waals surface area contributed by atoms with Crippen LogP contribution in [-0.4, -0.2) is 79.8 Å². The average Bonchev–Trinajstić information content (AvgIpc) is 2.31. The summed E-state index contributed by atoms with van der Waals surface area (Å²) in [6.07, 6.45) is -8.72. The molecule has 0 bridgehead atoms. The molecule has 0 aromatic rings. The summed E-state index contributed by atoms with van der Waals surface area (Å²) in [6, 6.07) is 0. The maximum Gasteiger partial charge on any atom is 0.335 e. The molecule has 10 heteroatoms. The van der Waals surface area contributed by atoms with Gasteiger partial charge in [-0.15, -0.1) is 0 Å². The van der Waals surface area contributed by atoms with Gasteiger partial charge in [-0.3, -0.25) is 4.79 Å². The first kappa shape index (κ1) is 16.7. The molecule has 1 fully saturated rings. The van der Waals surface area contributed by atoms with Crippen LogP contribution < -0.4 is 5.73 Å². The number of hydrogen-bond donors (Lipinski definition) is 7. The highest BCUT2D eigenvalue weighted by atomic mass is 16.6. The van der Waals surface area contributed by atoms with Crippen LogP contribution in [0.3, 0.4) is 0 Å². The van der Waals surface area contributed by atoms with Crippen LogP contribution in [0.1, 0.15) is 0 Å². The van der Waals surface area contributed by atoms with Crippen LogP contribution in [0.4, 0.5) is 0 Å². The fourth-order valence-electron chi connectivity index (χ4n) is 1.07. The summed E-state index contributed by atoms with van der Waals surface area (Å²) in [4.78, 5) is 19.6. The lowest BCUT2D eigenvalue weighted by atomic mass is 9.99. The highest BCUT2D eigenvalue weighted by Gasteiger charge is 2.46. The van der Waals surface area contributed by atoms with Crippen molar-refractivity contribution in [2.75, 3.05) is 6.54 Å². The largest absolute Gasteiger partial charge is 0.480 e. The van der Waals surface area contributed by atoms with Crippen molar-refractivity contribution in [3.8, 4) is 0 Å². The van der Waals surface area contributed by atoms with Crippen LogP contribution >= 0.6 is 0 Å². The second-order valence-electron chi connectivity index (χ2n) is 3.36. The SMILES string of the molecule is NCC(=O)O.O=C(O)[C@H]1OC(O)[C@H](O)[C@@H](O)[C@@H]1O. The van der Waals surface area contributed by atoms with Gasteiger partial charge in [0.15, 0.2) is 12.4 Å². The molecule has 10 nitrogen and oxygen atoms in total. The number of ether oxygens (including phenoxy) is 1. The first-order chi connectivity index (χ1) is 8.22. The minimum Gasteiger partial charge on any atom is -0.480 e. The summed E-state index contributed by atoms with van der Waals surface area (Å²) in [5.41, 5.74) is 4.57. The molecule has 106 valence electrons. The zero-order chi connectivity index (χ0) is 14.5. The van der Waals surface area contributed by atoms with Gasteiger partial charge in [0.05, 0.1) is 6.54 Å². The van der Waals surface area contributed by atoms with Crippen LogP contribution in [0.25, 0.3) is 0 Å². The number of carboxylic acid groups (broad SMARTS) is 2. The molecule has 1 aliphatic heterocycles. The molecule has 5 atom stereocenters. The summed E-state index contributed by atoms with van der Waals surface area (Å²) in [7, 11) is 0. The van der Waals surface area contributed by atoms with Crippen molar-refractivity contribution in [1.82, 2.24) is 0 Å². The average molecular weight is 269 g/mol. The molecule has 0 aromatic carbocycles. The summed E-state index contributed by atoms with van der Waals surface area (Å²) in [5.74, 6) is -2.48. The van der Waals surface area contributed by atoms with Gasteiger partial charge in [-0.05, 0) is 0 Å². The Morgan fingerprint density at radius 3 is 1.78 bits per heavy atom. The molecule has 1 rings (SSSR count). The third-order valence-corrected chi connectivity index (χ3v) is 2.01. The molecule has 1 heterocycles. The molecular formula is C8H15NO9. The molecule has 0 spiro atoms. The van der Waals surface area contributed by atoms with E-state index < -0.39 is 42.6 Å². The monoisotopic (exact) mass is 269 g/mol. The Balaban J connectivity index is 0.000000494. The number of rotatable bonds is 2. The molecule has 0 saturated carbocycles. The van der Waals surface area contributed by atoms with Crippen LogP contribution in [-0.2, 0) is 14.3 Å². The number of aliphatic carboxylic acids is 2. The van der Waals surface area contributed by atoms with E-state index in [-0.39, 0.29) is 6.54 Å². The first-order valence-electron chi connectivity index (χ1n) is 4.74. The maximum atomic E-state index is 10.4. The predicted octanol–water partition coefficient (Wildman–Crippen LogP) is -4.10. The summed E-state index contributed by atoms with van der Waals surface area (Å²) >= 11 is 0. The van der Waals surface area contributed by atoms with Crippen molar-refractivity contribution < 1.29 is 45.0 Å². The molecule has 0 aliphatic carbocycles. The number of carboxylic acids is 2. The highest BCUT2D eigenvalue weighted by molar-refractivity contribution is 5.73. The molecule has 0 amide bonds. The molecule has 18 heavy (non-hydrogen) atoms. The van der Waals surface area contributed by atoms with Gasteiger partial charge in [0.2, 0.25) is 0 Å². The van der Waals surface area contributed by atoms with E-state index in [1.807, 2.05) is 0 Å². The normalized spacial score (nSPS) is 35.3. The van der Waals surface area contributed by atoms with E-state index in [9.17, 15) is 9.59 Å². The zero-order valence-corrected chi connectivity index (χ0v) is 9.08. The third kappa shape index (κ3) is 4.52. The lowest BCUT2D eigenvalue weighted by Crippen LogP contribution is -2.59. The van der Waals surface area contributed by atoms with E-state index in [2.05, 4.69) is 10.5 Å². The highest BCUT2D eigenvalue weighted by Crippen LogP contribution is 2.19. The fraction of sp³-hybridized carbons (Fsp3) is 0.750. The van der Waals surface area contributed by atoms with Gasteiger partial charge < -0.3 is 41.1 Å². The van der Waals surface area contributed by atoms with E-state index in [1.165, 1.54) is 0 Å². The molecular weight excluding hydrogens is 254 g/mol. The number of aliphatic hydroxyl groups excluding tert-OH is 4. The molecule has 0 aromatic heterocycles. The summed E-state index contributed by atoms with van der Waals surface area (Å²) in [5, 5.41) is 52.0. The quantitative estimate of drug-likeness (QED) is 0.259. The van der Waals surface area contributed by atoms with Gasteiger partial charge in [-0.2, -0.15) is 0 Å². The number of hydrogen-bond acceptors (Lipinski definition) is 8. The third-order valence-electron chi connectivity index (χ3n) is 2.01. The van der Waals surface area contributed by atoms with Gasteiger partial charge in [0.1, 0.15) is 18.3 Å². The summed E-state index contributed by atoms with van der Waals surface area (Å²) in [6.45, 7) is -0.278. The van der Waals surface area contributed by atoms with E-state index in [1.54, 1.807) is 0 Å². The standard InChI is InChI=1S/C6H10O7.C2H5NO2/c7-1-2(8)4(5(10)11)13-6(12)3(1)9;3-1-2(4)5/h1-4,6-9,12H,(H,10,11);1,3H2,(H,4,5)/t1-,2-,3+,4-,6?;/m0./s1. The van der Waals surface area contributed by atoms with Crippen molar-refractivity contribution >= 4 is 11.9 Å². The van der Waals surface area contributed by atoms with Crippen molar-refractivity contribution in [2.24, 2.45) is 5.73 Å². The van der Waals surface area contributed by atoms with E-state index in [0.29, 0.717) is 0 Å².